The molecule has 0 aliphatic heterocycles. The second-order valence-corrected chi connectivity index (χ2v) is 8.22. The van der Waals surface area contributed by atoms with E-state index >= 15 is 0 Å². The Bertz CT molecular complexity index is 760. The van der Waals surface area contributed by atoms with Crippen LogP contribution in [0.2, 0.25) is 0 Å². The topological polar surface area (TPSA) is 84.9 Å². The fourth-order valence-electron chi connectivity index (χ4n) is 3.36. The highest BCUT2D eigenvalue weighted by Crippen LogP contribution is 2.28. The number of rotatable bonds is 9. The lowest BCUT2D eigenvalue weighted by atomic mass is 10.3. The third-order valence-electron chi connectivity index (χ3n) is 5.18. The Morgan fingerprint density at radius 3 is 2.82 bits per heavy atom. The molecule has 0 saturated heterocycles. The maximum absolute atomic E-state index is 4.74. The predicted octanol–water partition coefficient (Wildman–Crippen LogP) is 2.42. The lowest BCUT2D eigenvalue weighted by Gasteiger charge is -2.12. The minimum atomic E-state index is 0.565. The Kier molecular flexibility index (Phi) is 7.76. The monoisotopic (exact) mass is 404 g/mol. The summed E-state index contributed by atoms with van der Waals surface area (Å²) in [5.74, 6) is 3.72. The van der Waals surface area contributed by atoms with Gasteiger partial charge in [0, 0.05) is 19.8 Å². The summed E-state index contributed by atoms with van der Waals surface area (Å²) in [4.78, 5) is 4.74. The number of hydrogen-bond acceptors (Lipinski definition) is 5. The molecule has 0 amide bonds. The number of guanidine groups is 1. The standard InChI is InChI=1S/C19H32N8S/c1-15-23-24-18(26(15)2)14-22-19(20-10-6-12-28-3)21-13-16-9-11-27(25-16)17-7-4-5-8-17/h9,11,17H,4-8,10,12-14H2,1-3H3,(H2,20,21,22). The van der Waals surface area contributed by atoms with Crippen molar-refractivity contribution < 1.29 is 0 Å². The van der Waals surface area contributed by atoms with Crippen LogP contribution in [-0.2, 0) is 20.1 Å². The Morgan fingerprint density at radius 2 is 2.11 bits per heavy atom. The summed E-state index contributed by atoms with van der Waals surface area (Å²) in [7, 11) is 1.98. The lowest BCUT2D eigenvalue weighted by Crippen LogP contribution is -2.38. The fourth-order valence-corrected chi connectivity index (χ4v) is 3.79. The van der Waals surface area contributed by atoms with Gasteiger partial charge < -0.3 is 15.2 Å². The number of hydrogen-bond donors (Lipinski definition) is 2. The van der Waals surface area contributed by atoms with Crippen molar-refractivity contribution in [1.82, 2.24) is 35.2 Å². The smallest absolute Gasteiger partial charge is 0.192 e. The predicted molar refractivity (Wildman–Crippen MR) is 114 cm³/mol. The van der Waals surface area contributed by atoms with Crippen LogP contribution in [-0.4, -0.2) is 49.1 Å². The van der Waals surface area contributed by atoms with E-state index < -0.39 is 0 Å². The van der Waals surface area contributed by atoms with Crippen LogP contribution < -0.4 is 10.6 Å². The Morgan fingerprint density at radius 1 is 1.29 bits per heavy atom. The van der Waals surface area contributed by atoms with E-state index in [1.54, 1.807) is 0 Å². The normalized spacial score (nSPS) is 15.3. The number of aliphatic imine (C=N–C) groups is 1. The van der Waals surface area contributed by atoms with Gasteiger partial charge in [-0.05, 0) is 44.3 Å². The van der Waals surface area contributed by atoms with Crippen molar-refractivity contribution in [2.24, 2.45) is 12.0 Å². The average molecular weight is 405 g/mol. The fraction of sp³-hybridized carbons (Fsp3) is 0.684. The van der Waals surface area contributed by atoms with E-state index in [4.69, 9.17) is 10.1 Å². The summed E-state index contributed by atoms with van der Waals surface area (Å²) in [5.41, 5.74) is 1.01. The van der Waals surface area contributed by atoms with Crippen LogP contribution in [0.5, 0.6) is 0 Å². The first kappa shape index (κ1) is 20.7. The van der Waals surface area contributed by atoms with Gasteiger partial charge in [-0.2, -0.15) is 16.9 Å². The summed E-state index contributed by atoms with van der Waals surface area (Å²) in [6.45, 7) is 3.99. The molecule has 1 aliphatic carbocycles. The molecule has 0 radical (unpaired) electrons. The molecule has 0 atom stereocenters. The van der Waals surface area contributed by atoms with Crippen molar-refractivity contribution in [3.8, 4) is 0 Å². The van der Waals surface area contributed by atoms with E-state index in [1.807, 2.05) is 30.3 Å². The van der Waals surface area contributed by atoms with Gasteiger partial charge in [-0.1, -0.05) is 12.8 Å². The number of aryl methyl sites for hydroxylation is 1. The summed E-state index contributed by atoms with van der Waals surface area (Å²) in [5, 5.41) is 19.8. The minimum absolute atomic E-state index is 0.565. The molecule has 2 N–H and O–H groups in total. The van der Waals surface area contributed by atoms with Crippen molar-refractivity contribution in [2.75, 3.05) is 18.6 Å². The van der Waals surface area contributed by atoms with Crippen LogP contribution in [0.3, 0.4) is 0 Å². The van der Waals surface area contributed by atoms with E-state index in [0.717, 1.165) is 42.0 Å². The molecule has 154 valence electrons. The van der Waals surface area contributed by atoms with Crippen LogP contribution >= 0.6 is 11.8 Å². The van der Waals surface area contributed by atoms with Gasteiger partial charge in [0.25, 0.3) is 0 Å². The van der Waals surface area contributed by atoms with E-state index in [-0.39, 0.29) is 0 Å². The summed E-state index contributed by atoms with van der Waals surface area (Å²) in [6.07, 6.45) is 10.4. The van der Waals surface area contributed by atoms with Gasteiger partial charge in [0.1, 0.15) is 5.82 Å². The molecule has 2 aromatic heterocycles. The van der Waals surface area contributed by atoms with Gasteiger partial charge in [0.15, 0.2) is 11.8 Å². The molecule has 8 nitrogen and oxygen atoms in total. The highest BCUT2D eigenvalue weighted by molar-refractivity contribution is 7.98. The van der Waals surface area contributed by atoms with Gasteiger partial charge in [0.05, 0.1) is 24.8 Å². The van der Waals surface area contributed by atoms with Crippen molar-refractivity contribution in [1.29, 1.82) is 0 Å². The molecule has 0 bridgehead atoms. The molecular formula is C19H32N8S. The molecule has 1 fully saturated rings. The van der Waals surface area contributed by atoms with Crippen LogP contribution in [0, 0.1) is 6.92 Å². The Balaban J connectivity index is 1.59. The van der Waals surface area contributed by atoms with E-state index in [9.17, 15) is 0 Å². The first-order chi connectivity index (χ1) is 13.7. The van der Waals surface area contributed by atoms with Crippen molar-refractivity contribution in [2.45, 2.75) is 58.2 Å². The summed E-state index contributed by atoms with van der Waals surface area (Å²) >= 11 is 1.86. The van der Waals surface area contributed by atoms with E-state index in [0.29, 0.717) is 19.1 Å². The first-order valence-corrected chi connectivity index (χ1v) is 11.5. The van der Waals surface area contributed by atoms with Crippen molar-refractivity contribution in [3.63, 3.8) is 0 Å². The average Bonchev–Trinajstić information content (AvgIpc) is 3.44. The molecule has 1 saturated carbocycles. The molecule has 0 aromatic carbocycles. The first-order valence-electron chi connectivity index (χ1n) is 10.1. The summed E-state index contributed by atoms with van der Waals surface area (Å²) in [6, 6.07) is 2.65. The molecule has 0 unspecified atom stereocenters. The van der Waals surface area contributed by atoms with Crippen LogP contribution in [0.4, 0.5) is 0 Å². The van der Waals surface area contributed by atoms with Crippen molar-refractivity contribution in [3.05, 3.63) is 29.6 Å². The Labute approximate surface area is 171 Å². The van der Waals surface area contributed by atoms with Gasteiger partial charge in [0.2, 0.25) is 0 Å². The lowest BCUT2D eigenvalue weighted by molar-refractivity contribution is 0.463. The quantitative estimate of drug-likeness (QED) is 0.379. The van der Waals surface area contributed by atoms with Crippen LogP contribution in [0.25, 0.3) is 0 Å². The molecule has 2 heterocycles. The molecular weight excluding hydrogens is 372 g/mol. The van der Waals surface area contributed by atoms with Crippen LogP contribution in [0.1, 0.15) is 55.5 Å². The second-order valence-electron chi connectivity index (χ2n) is 7.24. The molecule has 3 rings (SSSR count). The number of nitrogens with zero attached hydrogens (tertiary/aromatic N) is 6. The van der Waals surface area contributed by atoms with Gasteiger partial charge >= 0.3 is 0 Å². The maximum Gasteiger partial charge on any atom is 0.192 e. The molecule has 28 heavy (non-hydrogen) atoms. The zero-order valence-corrected chi connectivity index (χ0v) is 18.0. The minimum Gasteiger partial charge on any atom is -0.356 e. The molecule has 2 aromatic rings. The SMILES string of the molecule is CSCCCNC(=NCc1ccn(C2CCCC2)n1)NCc1nnc(C)n1C. The third kappa shape index (κ3) is 5.73. The maximum atomic E-state index is 4.74. The van der Waals surface area contributed by atoms with E-state index in [1.165, 1.54) is 25.7 Å². The van der Waals surface area contributed by atoms with Gasteiger partial charge in [-0.3, -0.25) is 4.68 Å². The summed E-state index contributed by atoms with van der Waals surface area (Å²) < 4.78 is 4.11. The highest BCUT2D eigenvalue weighted by atomic mass is 32.2. The molecule has 0 spiro atoms. The number of aromatic nitrogens is 5. The highest BCUT2D eigenvalue weighted by Gasteiger charge is 2.17. The van der Waals surface area contributed by atoms with Gasteiger partial charge in [-0.25, -0.2) is 4.99 Å². The molecule has 9 heteroatoms. The van der Waals surface area contributed by atoms with Crippen LogP contribution in [0.15, 0.2) is 17.3 Å². The van der Waals surface area contributed by atoms with Gasteiger partial charge in [-0.15, -0.1) is 10.2 Å². The number of thioether (sulfide) groups is 1. The molecule has 1 aliphatic rings. The second kappa shape index (κ2) is 10.5. The third-order valence-corrected chi connectivity index (χ3v) is 5.87. The zero-order chi connectivity index (χ0) is 19.8. The Hall–Kier alpha value is -2.03. The van der Waals surface area contributed by atoms with Crippen molar-refractivity contribution >= 4 is 17.7 Å². The largest absolute Gasteiger partial charge is 0.356 e. The zero-order valence-electron chi connectivity index (χ0n) is 17.2. The van der Waals surface area contributed by atoms with E-state index in [2.05, 4.69) is 44.0 Å². The number of nitrogens with one attached hydrogen (secondary N) is 2.